The van der Waals surface area contributed by atoms with Crippen molar-refractivity contribution >= 4 is 5.91 Å². The zero-order valence-electron chi connectivity index (χ0n) is 12.8. The molecule has 0 aliphatic carbocycles. The van der Waals surface area contributed by atoms with Gasteiger partial charge in [-0.15, -0.1) is 0 Å². The van der Waals surface area contributed by atoms with E-state index >= 15 is 0 Å². The highest BCUT2D eigenvalue weighted by Gasteiger charge is 2.24. The molecule has 0 spiro atoms. The Morgan fingerprint density at radius 1 is 1.30 bits per heavy atom. The number of nitrogens with zero attached hydrogens (tertiary/aromatic N) is 2. The highest BCUT2D eigenvalue weighted by molar-refractivity contribution is 5.87. The Balaban J connectivity index is 1.76. The summed E-state index contributed by atoms with van der Waals surface area (Å²) >= 11 is 0. The van der Waals surface area contributed by atoms with Crippen molar-refractivity contribution in [1.82, 2.24) is 9.80 Å². The van der Waals surface area contributed by atoms with E-state index in [1.807, 2.05) is 11.0 Å². The maximum atomic E-state index is 12.2. The predicted molar refractivity (Wildman–Crippen MR) is 80.3 cm³/mol. The second-order valence-electron chi connectivity index (χ2n) is 6.54. The van der Waals surface area contributed by atoms with Crippen LogP contribution >= 0.6 is 0 Å². The Morgan fingerprint density at radius 2 is 2.10 bits per heavy atom. The van der Waals surface area contributed by atoms with Gasteiger partial charge >= 0.3 is 0 Å². The van der Waals surface area contributed by atoms with Gasteiger partial charge in [0.05, 0.1) is 6.10 Å². The summed E-state index contributed by atoms with van der Waals surface area (Å²) in [6.45, 7) is 8.72. The lowest BCUT2D eigenvalue weighted by atomic mass is 9.88. The van der Waals surface area contributed by atoms with E-state index in [2.05, 4.69) is 18.7 Å². The topological polar surface area (TPSA) is 43.8 Å². The van der Waals surface area contributed by atoms with E-state index in [0.29, 0.717) is 11.8 Å². The van der Waals surface area contributed by atoms with Crippen molar-refractivity contribution < 1.29 is 9.90 Å². The third-order valence-corrected chi connectivity index (χ3v) is 4.58. The summed E-state index contributed by atoms with van der Waals surface area (Å²) in [6, 6.07) is 0. The summed E-state index contributed by atoms with van der Waals surface area (Å²) in [5.41, 5.74) is 0. The Hall–Kier alpha value is -0.870. The third kappa shape index (κ3) is 4.32. The van der Waals surface area contributed by atoms with Gasteiger partial charge in [-0.1, -0.05) is 19.9 Å². The molecule has 114 valence electrons. The molecule has 4 heteroatoms. The maximum absolute atomic E-state index is 12.2. The van der Waals surface area contributed by atoms with Crippen LogP contribution in [0.15, 0.2) is 12.2 Å². The lowest BCUT2D eigenvalue weighted by Gasteiger charge is -2.34. The number of rotatable bonds is 4. The van der Waals surface area contributed by atoms with Crippen LogP contribution in [0.5, 0.6) is 0 Å². The number of aliphatic hydroxyl groups is 1. The first-order valence-electron chi connectivity index (χ1n) is 7.92. The van der Waals surface area contributed by atoms with Crippen LogP contribution in [0.4, 0.5) is 0 Å². The fourth-order valence-corrected chi connectivity index (χ4v) is 3.14. The molecule has 0 aromatic heterocycles. The van der Waals surface area contributed by atoms with E-state index in [-0.39, 0.29) is 12.0 Å². The van der Waals surface area contributed by atoms with E-state index < -0.39 is 0 Å². The summed E-state index contributed by atoms with van der Waals surface area (Å²) in [5.74, 6) is 1.45. The Bertz CT molecular complexity index is 354. The lowest BCUT2D eigenvalue weighted by Crippen LogP contribution is -2.40. The molecule has 4 nitrogen and oxygen atoms in total. The summed E-state index contributed by atoms with van der Waals surface area (Å²) in [6.07, 6.45) is 6.70. The molecule has 20 heavy (non-hydrogen) atoms. The molecule has 2 unspecified atom stereocenters. The summed E-state index contributed by atoms with van der Waals surface area (Å²) in [4.78, 5) is 16.3. The first-order valence-corrected chi connectivity index (χ1v) is 7.92. The minimum absolute atomic E-state index is 0.148. The zero-order chi connectivity index (χ0) is 14.5. The average Bonchev–Trinajstić information content (AvgIpc) is 2.84. The van der Waals surface area contributed by atoms with Crippen molar-refractivity contribution in [2.75, 3.05) is 32.7 Å². The average molecular weight is 280 g/mol. The monoisotopic (exact) mass is 280 g/mol. The lowest BCUT2D eigenvalue weighted by molar-refractivity contribution is -0.128. The van der Waals surface area contributed by atoms with E-state index in [9.17, 15) is 9.90 Å². The van der Waals surface area contributed by atoms with Crippen molar-refractivity contribution in [3.63, 3.8) is 0 Å². The highest BCUT2D eigenvalue weighted by atomic mass is 16.3. The molecule has 2 aliphatic heterocycles. The molecule has 0 aromatic rings. The van der Waals surface area contributed by atoms with Crippen LogP contribution in [0.2, 0.25) is 0 Å². The van der Waals surface area contributed by atoms with Crippen molar-refractivity contribution in [1.29, 1.82) is 0 Å². The first kappa shape index (κ1) is 15.5. The van der Waals surface area contributed by atoms with Crippen LogP contribution in [0.25, 0.3) is 0 Å². The van der Waals surface area contributed by atoms with Crippen molar-refractivity contribution in [3.05, 3.63) is 12.2 Å². The minimum Gasteiger partial charge on any atom is -0.392 e. The van der Waals surface area contributed by atoms with Crippen LogP contribution in [0, 0.1) is 11.8 Å². The second kappa shape index (κ2) is 7.23. The molecule has 1 N–H and O–H groups in total. The van der Waals surface area contributed by atoms with E-state index in [1.165, 1.54) is 6.42 Å². The largest absolute Gasteiger partial charge is 0.392 e. The summed E-state index contributed by atoms with van der Waals surface area (Å²) < 4.78 is 0. The fourth-order valence-electron chi connectivity index (χ4n) is 3.14. The van der Waals surface area contributed by atoms with Gasteiger partial charge in [0.1, 0.15) is 0 Å². The van der Waals surface area contributed by atoms with Gasteiger partial charge in [0.25, 0.3) is 0 Å². The smallest absolute Gasteiger partial charge is 0.246 e. The van der Waals surface area contributed by atoms with Gasteiger partial charge in [-0.2, -0.15) is 0 Å². The molecule has 1 amide bonds. The molecule has 0 bridgehead atoms. The Kier molecular flexibility index (Phi) is 5.61. The number of amides is 1. The van der Waals surface area contributed by atoms with E-state index in [4.69, 9.17) is 0 Å². The van der Waals surface area contributed by atoms with Gasteiger partial charge in [0.2, 0.25) is 5.91 Å². The number of hydrogen-bond acceptors (Lipinski definition) is 3. The number of β-amino-alcohol motifs (C(OH)–C–C–N with tert-alkyl or cyclic N) is 1. The fraction of sp³-hybridized carbons (Fsp3) is 0.812. The molecule has 0 radical (unpaired) electrons. The standard InChI is InChI=1S/C16H28N2O2/c1-13(2)14-5-3-9-18(11-14)16(20)6-4-8-17-10-7-15(19)12-17/h4,6,13-15,19H,3,5,7-12H2,1-2H3/b6-4+. The van der Waals surface area contributed by atoms with Gasteiger partial charge < -0.3 is 10.0 Å². The SMILES string of the molecule is CC(C)C1CCCN(C(=O)/C=C/CN2CCC(O)C2)C1. The van der Waals surface area contributed by atoms with Crippen molar-refractivity contribution in [3.8, 4) is 0 Å². The van der Waals surface area contributed by atoms with Gasteiger partial charge in [-0.3, -0.25) is 9.69 Å². The zero-order valence-corrected chi connectivity index (χ0v) is 12.8. The summed E-state index contributed by atoms with van der Waals surface area (Å²) in [7, 11) is 0. The van der Waals surface area contributed by atoms with Gasteiger partial charge in [0.15, 0.2) is 0 Å². The van der Waals surface area contributed by atoms with Crippen molar-refractivity contribution in [2.45, 2.75) is 39.2 Å². The minimum atomic E-state index is -0.187. The quantitative estimate of drug-likeness (QED) is 0.794. The molecular formula is C16H28N2O2. The molecule has 2 saturated heterocycles. The molecule has 2 aliphatic rings. The van der Waals surface area contributed by atoms with E-state index in [1.54, 1.807) is 6.08 Å². The molecule has 2 rings (SSSR count). The normalized spacial score (nSPS) is 28.7. The number of carbonyl (C=O) groups excluding carboxylic acids is 1. The van der Waals surface area contributed by atoms with Gasteiger partial charge in [0, 0.05) is 38.8 Å². The molecule has 0 aromatic carbocycles. The number of likely N-dealkylation sites (tertiary alicyclic amines) is 2. The molecule has 2 atom stereocenters. The maximum Gasteiger partial charge on any atom is 0.246 e. The van der Waals surface area contributed by atoms with Crippen LogP contribution in [-0.2, 0) is 4.79 Å². The van der Waals surface area contributed by atoms with Gasteiger partial charge in [-0.05, 0) is 31.1 Å². The Morgan fingerprint density at radius 3 is 2.75 bits per heavy atom. The second-order valence-corrected chi connectivity index (χ2v) is 6.54. The number of carbonyl (C=O) groups is 1. The van der Waals surface area contributed by atoms with Crippen LogP contribution in [0.3, 0.4) is 0 Å². The highest BCUT2D eigenvalue weighted by Crippen LogP contribution is 2.23. The number of piperidine rings is 1. The van der Waals surface area contributed by atoms with E-state index in [0.717, 1.165) is 45.6 Å². The third-order valence-electron chi connectivity index (χ3n) is 4.58. The predicted octanol–water partition coefficient (Wildman–Crippen LogP) is 1.50. The number of hydrogen-bond donors (Lipinski definition) is 1. The molecular weight excluding hydrogens is 252 g/mol. The molecule has 2 heterocycles. The van der Waals surface area contributed by atoms with Gasteiger partial charge in [-0.25, -0.2) is 0 Å². The van der Waals surface area contributed by atoms with Crippen LogP contribution in [0.1, 0.15) is 33.1 Å². The first-order chi connectivity index (χ1) is 9.56. The molecule has 0 saturated carbocycles. The number of aliphatic hydroxyl groups excluding tert-OH is 1. The Labute approximate surface area is 122 Å². The summed E-state index contributed by atoms with van der Waals surface area (Å²) in [5, 5.41) is 9.45. The van der Waals surface area contributed by atoms with Crippen LogP contribution < -0.4 is 0 Å². The van der Waals surface area contributed by atoms with Crippen molar-refractivity contribution in [2.24, 2.45) is 11.8 Å². The van der Waals surface area contributed by atoms with Crippen LogP contribution in [-0.4, -0.2) is 59.6 Å². The molecule has 2 fully saturated rings.